The number of likely N-dealkylation sites (tertiary alicyclic amines) is 2. The smallest absolute Gasteiger partial charge is 0.257 e. The van der Waals surface area contributed by atoms with Crippen molar-refractivity contribution >= 4 is 11.8 Å². The van der Waals surface area contributed by atoms with Crippen LogP contribution < -0.4 is 0 Å². The highest BCUT2D eigenvalue weighted by Crippen LogP contribution is 2.39. The van der Waals surface area contributed by atoms with Gasteiger partial charge in [0.25, 0.3) is 5.91 Å². The number of aromatic nitrogens is 2. The highest BCUT2D eigenvalue weighted by molar-refractivity contribution is 5.94. The maximum Gasteiger partial charge on any atom is 0.257 e. The average Bonchev–Trinajstić information content (AvgIpc) is 3.25. The van der Waals surface area contributed by atoms with Crippen molar-refractivity contribution < 1.29 is 14.3 Å². The van der Waals surface area contributed by atoms with Crippen LogP contribution in [0.1, 0.15) is 36.0 Å². The Balaban J connectivity index is 1.28. The standard InChI is InChI=1S/C17H24N4O3/c1-19-9-14(8-18-19)16(23)21-11-17(12-21)7-13(10-24-17)6-15(22)20-4-2-3-5-20/h8-9,13H,2-7,10-12H2,1H3. The van der Waals surface area contributed by atoms with Crippen LogP contribution in [-0.4, -0.2) is 69.8 Å². The largest absolute Gasteiger partial charge is 0.371 e. The van der Waals surface area contributed by atoms with Gasteiger partial charge in [-0.25, -0.2) is 0 Å². The molecule has 4 rings (SSSR count). The van der Waals surface area contributed by atoms with E-state index in [2.05, 4.69) is 5.10 Å². The molecule has 4 heterocycles. The summed E-state index contributed by atoms with van der Waals surface area (Å²) in [7, 11) is 1.80. The molecule has 1 aromatic rings. The van der Waals surface area contributed by atoms with Crippen molar-refractivity contribution in [1.29, 1.82) is 0 Å². The topological polar surface area (TPSA) is 67.7 Å². The Bertz CT molecular complexity index is 644. The normalized spacial score (nSPS) is 25.3. The van der Waals surface area contributed by atoms with Crippen molar-refractivity contribution in [1.82, 2.24) is 19.6 Å². The number of carbonyl (C=O) groups excluding carboxylic acids is 2. The van der Waals surface area contributed by atoms with Crippen LogP contribution in [0, 0.1) is 5.92 Å². The zero-order valence-corrected chi connectivity index (χ0v) is 14.1. The van der Waals surface area contributed by atoms with E-state index in [1.54, 1.807) is 24.1 Å². The molecule has 7 heteroatoms. The van der Waals surface area contributed by atoms with Gasteiger partial charge in [0, 0.05) is 32.8 Å². The minimum atomic E-state index is -0.228. The summed E-state index contributed by atoms with van der Waals surface area (Å²) in [5.74, 6) is 0.559. The lowest BCUT2D eigenvalue weighted by Crippen LogP contribution is -2.63. The number of aryl methyl sites for hydroxylation is 1. The Hall–Kier alpha value is -1.89. The summed E-state index contributed by atoms with van der Waals surface area (Å²) in [4.78, 5) is 28.4. The lowest BCUT2D eigenvalue weighted by molar-refractivity contribution is -0.131. The van der Waals surface area contributed by atoms with Crippen molar-refractivity contribution in [3.8, 4) is 0 Å². The summed E-state index contributed by atoms with van der Waals surface area (Å²) in [5, 5.41) is 4.05. The van der Waals surface area contributed by atoms with E-state index in [-0.39, 0.29) is 23.3 Å². The minimum Gasteiger partial charge on any atom is -0.371 e. The molecule has 0 N–H and O–H groups in total. The molecule has 3 fully saturated rings. The second kappa shape index (κ2) is 5.88. The molecule has 1 spiro atoms. The van der Waals surface area contributed by atoms with E-state index in [0.29, 0.717) is 31.7 Å². The Kier molecular flexibility index (Phi) is 3.83. The van der Waals surface area contributed by atoms with Crippen LogP contribution in [0.3, 0.4) is 0 Å². The number of ether oxygens (including phenoxy) is 1. The molecule has 2 amide bonds. The van der Waals surface area contributed by atoms with Gasteiger partial charge in [0.15, 0.2) is 0 Å². The molecule has 130 valence electrons. The first kappa shape index (κ1) is 15.6. The third-order valence-corrected chi connectivity index (χ3v) is 5.41. The Morgan fingerprint density at radius 2 is 2.04 bits per heavy atom. The van der Waals surface area contributed by atoms with Crippen LogP contribution in [0.25, 0.3) is 0 Å². The number of nitrogens with zero attached hydrogens (tertiary/aromatic N) is 4. The summed E-state index contributed by atoms with van der Waals surface area (Å²) in [5.41, 5.74) is 0.388. The lowest BCUT2D eigenvalue weighted by atomic mass is 9.85. The molecule has 0 aromatic carbocycles. The van der Waals surface area contributed by atoms with Crippen molar-refractivity contribution in [2.24, 2.45) is 13.0 Å². The summed E-state index contributed by atoms with van der Waals surface area (Å²) in [6.07, 6.45) is 7.05. The fourth-order valence-corrected chi connectivity index (χ4v) is 4.14. The summed E-state index contributed by atoms with van der Waals surface area (Å²) >= 11 is 0. The molecule has 3 aliphatic rings. The van der Waals surface area contributed by atoms with Gasteiger partial charge in [0.1, 0.15) is 5.60 Å². The van der Waals surface area contributed by atoms with E-state index in [4.69, 9.17) is 4.74 Å². The first-order valence-electron chi connectivity index (χ1n) is 8.74. The van der Waals surface area contributed by atoms with Gasteiger partial charge < -0.3 is 14.5 Å². The van der Waals surface area contributed by atoms with Crippen molar-refractivity contribution in [2.45, 2.75) is 31.3 Å². The van der Waals surface area contributed by atoms with Gasteiger partial charge in [-0.3, -0.25) is 14.3 Å². The second-order valence-corrected chi connectivity index (χ2v) is 7.42. The molecule has 7 nitrogen and oxygen atoms in total. The fourth-order valence-electron chi connectivity index (χ4n) is 4.14. The molecule has 3 aliphatic heterocycles. The first-order chi connectivity index (χ1) is 11.5. The van der Waals surface area contributed by atoms with E-state index < -0.39 is 0 Å². The van der Waals surface area contributed by atoms with Gasteiger partial charge in [-0.05, 0) is 25.2 Å². The number of hydrogen-bond acceptors (Lipinski definition) is 4. The van der Waals surface area contributed by atoms with Crippen LogP contribution in [0.5, 0.6) is 0 Å². The van der Waals surface area contributed by atoms with Crippen molar-refractivity contribution in [3.05, 3.63) is 18.0 Å². The maximum absolute atomic E-state index is 12.4. The van der Waals surface area contributed by atoms with Crippen LogP contribution in [0.15, 0.2) is 12.4 Å². The van der Waals surface area contributed by atoms with Gasteiger partial charge >= 0.3 is 0 Å². The van der Waals surface area contributed by atoms with Gasteiger partial charge in [0.05, 0.1) is 31.5 Å². The zero-order valence-electron chi connectivity index (χ0n) is 14.1. The molecule has 1 atom stereocenters. The van der Waals surface area contributed by atoms with Gasteiger partial charge in [-0.1, -0.05) is 0 Å². The van der Waals surface area contributed by atoms with E-state index in [0.717, 1.165) is 32.4 Å². The SMILES string of the molecule is Cn1cc(C(=O)N2CC3(CC(CC(=O)N4CCCC4)CO3)C2)cn1. The molecule has 0 radical (unpaired) electrons. The van der Waals surface area contributed by atoms with Crippen molar-refractivity contribution in [2.75, 3.05) is 32.8 Å². The molecule has 24 heavy (non-hydrogen) atoms. The quantitative estimate of drug-likeness (QED) is 0.816. The Morgan fingerprint density at radius 1 is 1.29 bits per heavy atom. The van der Waals surface area contributed by atoms with Crippen LogP contribution in [0.4, 0.5) is 0 Å². The molecule has 0 saturated carbocycles. The highest BCUT2D eigenvalue weighted by atomic mass is 16.5. The molecular formula is C17H24N4O3. The maximum atomic E-state index is 12.4. The second-order valence-electron chi connectivity index (χ2n) is 7.42. The average molecular weight is 332 g/mol. The number of amides is 2. The predicted octanol–water partition coefficient (Wildman–Crippen LogP) is 0.664. The van der Waals surface area contributed by atoms with Crippen LogP contribution >= 0.6 is 0 Å². The monoisotopic (exact) mass is 332 g/mol. The third kappa shape index (κ3) is 2.81. The van der Waals surface area contributed by atoms with E-state index in [1.165, 1.54) is 0 Å². The molecular weight excluding hydrogens is 308 g/mol. The lowest BCUT2D eigenvalue weighted by Gasteiger charge is -2.47. The van der Waals surface area contributed by atoms with Gasteiger partial charge in [-0.15, -0.1) is 0 Å². The van der Waals surface area contributed by atoms with E-state index in [1.807, 2.05) is 9.80 Å². The number of carbonyl (C=O) groups is 2. The first-order valence-corrected chi connectivity index (χ1v) is 8.74. The van der Waals surface area contributed by atoms with Crippen molar-refractivity contribution in [3.63, 3.8) is 0 Å². The Labute approximate surface area is 141 Å². The zero-order chi connectivity index (χ0) is 16.7. The fraction of sp³-hybridized carbons (Fsp3) is 0.706. The van der Waals surface area contributed by atoms with E-state index >= 15 is 0 Å². The van der Waals surface area contributed by atoms with Gasteiger partial charge in [-0.2, -0.15) is 5.10 Å². The molecule has 1 aromatic heterocycles. The molecule has 1 unspecified atom stereocenters. The molecule has 3 saturated heterocycles. The Morgan fingerprint density at radius 3 is 2.71 bits per heavy atom. The number of hydrogen-bond donors (Lipinski definition) is 0. The van der Waals surface area contributed by atoms with E-state index in [9.17, 15) is 9.59 Å². The third-order valence-electron chi connectivity index (χ3n) is 5.41. The summed E-state index contributed by atoms with van der Waals surface area (Å²) in [6, 6.07) is 0. The summed E-state index contributed by atoms with van der Waals surface area (Å²) < 4.78 is 7.62. The van der Waals surface area contributed by atoms with Crippen LogP contribution in [-0.2, 0) is 16.6 Å². The molecule has 0 aliphatic carbocycles. The van der Waals surface area contributed by atoms with Gasteiger partial charge in [0.2, 0.25) is 5.91 Å². The summed E-state index contributed by atoms with van der Waals surface area (Å²) in [6.45, 7) is 3.69. The van der Waals surface area contributed by atoms with Crippen LogP contribution in [0.2, 0.25) is 0 Å². The minimum absolute atomic E-state index is 0.00826. The number of rotatable bonds is 3. The molecule has 0 bridgehead atoms. The predicted molar refractivity (Wildman–Crippen MR) is 86.3 cm³/mol. The highest BCUT2D eigenvalue weighted by Gasteiger charge is 2.51.